The minimum Gasteiger partial charge on any atom is -0.390 e. The van der Waals surface area contributed by atoms with Crippen molar-refractivity contribution in [3.05, 3.63) is 60.6 Å². The van der Waals surface area contributed by atoms with E-state index in [1.54, 1.807) is 6.33 Å². The molecule has 0 bridgehead atoms. The summed E-state index contributed by atoms with van der Waals surface area (Å²) >= 11 is 0. The molecule has 0 aliphatic rings. The highest BCUT2D eigenvalue weighted by atomic mass is 16.3. The molecule has 1 unspecified atom stereocenters. The van der Waals surface area contributed by atoms with Gasteiger partial charge in [0.05, 0.1) is 23.9 Å². The van der Waals surface area contributed by atoms with Crippen LogP contribution in [0.25, 0.3) is 11.3 Å². The van der Waals surface area contributed by atoms with Crippen LogP contribution in [-0.4, -0.2) is 30.2 Å². The van der Waals surface area contributed by atoms with E-state index in [9.17, 15) is 5.11 Å². The van der Waals surface area contributed by atoms with Crippen molar-refractivity contribution >= 4 is 0 Å². The molecule has 5 heteroatoms. The van der Waals surface area contributed by atoms with Gasteiger partial charge in [0.15, 0.2) is 0 Å². The van der Waals surface area contributed by atoms with Gasteiger partial charge in [0.25, 0.3) is 0 Å². The van der Waals surface area contributed by atoms with Gasteiger partial charge in [0, 0.05) is 36.1 Å². The van der Waals surface area contributed by atoms with Crippen LogP contribution in [0.5, 0.6) is 0 Å². The van der Waals surface area contributed by atoms with Crippen LogP contribution in [0.3, 0.4) is 0 Å². The van der Waals surface area contributed by atoms with E-state index >= 15 is 0 Å². The minimum atomic E-state index is -0.583. The Morgan fingerprint density at radius 3 is 2.68 bits per heavy atom. The monoisotopic (exact) mass is 380 g/mol. The standard InChI is InChI=1S/C23H32N4O/c1-18(8-7-12-23(2,3)28)14-21-22(19-9-5-4-6-10-19)26-17-27(21)13-11-20-15-24-16-25-20/h4-6,9-10,15-18,28H,7-8,11-14H2,1-3H3,(H,24,25). The summed E-state index contributed by atoms with van der Waals surface area (Å²) in [4.78, 5) is 12.0. The third-order valence-electron chi connectivity index (χ3n) is 5.20. The number of hydrogen-bond acceptors (Lipinski definition) is 3. The Bertz CT molecular complexity index is 831. The zero-order chi connectivity index (χ0) is 20.0. The van der Waals surface area contributed by atoms with E-state index in [0.29, 0.717) is 5.92 Å². The van der Waals surface area contributed by atoms with Gasteiger partial charge >= 0.3 is 0 Å². The number of aromatic nitrogens is 4. The Morgan fingerprint density at radius 2 is 2.00 bits per heavy atom. The maximum absolute atomic E-state index is 9.96. The molecular weight excluding hydrogens is 348 g/mol. The molecule has 5 nitrogen and oxygen atoms in total. The van der Waals surface area contributed by atoms with E-state index < -0.39 is 5.60 Å². The summed E-state index contributed by atoms with van der Waals surface area (Å²) in [5.74, 6) is 0.535. The first-order chi connectivity index (χ1) is 13.4. The lowest BCUT2D eigenvalue weighted by molar-refractivity contribution is 0.0670. The number of aromatic amines is 1. The number of nitrogens with zero attached hydrogens (tertiary/aromatic N) is 3. The lowest BCUT2D eigenvalue weighted by Crippen LogP contribution is -2.18. The molecule has 0 aliphatic heterocycles. The van der Waals surface area contributed by atoms with Crippen molar-refractivity contribution in [2.24, 2.45) is 5.92 Å². The second-order valence-electron chi connectivity index (χ2n) is 8.44. The van der Waals surface area contributed by atoms with E-state index in [2.05, 4.69) is 45.7 Å². The Kier molecular flexibility index (Phi) is 6.68. The molecule has 1 aromatic carbocycles. The molecule has 0 fully saturated rings. The predicted octanol–water partition coefficient (Wildman–Crippen LogP) is 4.64. The molecule has 0 aliphatic carbocycles. The molecular formula is C23H32N4O. The van der Waals surface area contributed by atoms with Crippen LogP contribution in [0.2, 0.25) is 0 Å². The van der Waals surface area contributed by atoms with Crippen LogP contribution in [-0.2, 0) is 19.4 Å². The van der Waals surface area contributed by atoms with Gasteiger partial charge in [-0.3, -0.25) is 0 Å². The lowest BCUT2D eigenvalue weighted by Gasteiger charge is -2.19. The van der Waals surface area contributed by atoms with Crippen LogP contribution in [0.4, 0.5) is 0 Å². The van der Waals surface area contributed by atoms with Gasteiger partial charge in [0.1, 0.15) is 0 Å². The molecule has 3 aromatic rings. The minimum absolute atomic E-state index is 0.535. The van der Waals surface area contributed by atoms with Crippen LogP contribution < -0.4 is 0 Å². The van der Waals surface area contributed by atoms with Crippen molar-refractivity contribution in [3.8, 4) is 11.3 Å². The van der Waals surface area contributed by atoms with Gasteiger partial charge in [-0.15, -0.1) is 0 Å². The van der Waals surface area contributed by atoms with Gasteiger partial charge in [-0.2, -0.15) is 0 Å². The fourth-order valence-electron chi connectivity index (χ4n) is 3.63. The first kappa shape index (κ1) is 20.3. The zero-order valence-corrected chi connectivity index (χ0v) is 17.2. The number of imidazole rings is 2. The third kappa shape index (κ3) is 5.80. The normalized spacial score (nSPS) is 13.0. The van der Waals surface area contributed by atoms with Crippen molar-refractivity contribution < 1.29 is 5.11 Å². The number of rotatable bonds is 10. The summed E-state index contributed by atoms with van der Waals surface area (Å²) in [6, 6.07) is 10.4. The Hall–Kier alpha value is -2.40. The third-order valence-corrected chi connectivity index (χ3v) is 5.20. The highest BCUT2D eigenvalue weighted by molar-refractivity contribution is 5.61. The van der Waals surface area contributed by atoms with Crippen molar-refractivity contribution in [2.75, 3.05) is 0 Å². The Labute approximate surface area is 167 Å². The average molecular weight is 381 g/mol. The van der Waals surface area contributed by atoms with Gasteiger partial charge < -0.3 is 14.7 Å². The van der Waals surface area contributed by atoms with E-state index in [0.717, 1.165) is 50.0 Å². The molecule has 0 amide bonds. The number of aliphatic hydroxyl groups is 1. The van der Waals surface area contributed by atoms with Crippen molar-refractivity contribution in [2.45, 2.75) is 65.0 Å². The summed E-state index contributed by atoms with van der Waals surface area (Å²) in [5.41, 5.74) is 4.10. The number of aryl methyl sites for hydroxylation is 2. The topological polar surface area (TPSA) is 66.7 Å². The summed E-state index contributed by atoms with van der Waals surface area (Å²) in [6.45, 7) is 6.95. The maximum Gasteiger partial charge on any atom is 0.0956 e. The Morgan fingerprint density at radius 1 is 1.21 bits per heavy atom. The summed E-state index contributed by atoms with van der Waals surface area (Å²) in [6.07, 6.45) is 10.4. The first-order valence-corrected chi connectivity index (χ1v) is 10.2. The first-order valence-electron chi connectivity index (χ1n) is 10.2. The average Bonchev–Trinajstić information content (AvgIpc) is 3.29. The van der Waals surface area contributed by atoms with Crippen molar-refractivity contribution in [1.82, 2.24) is 19.5 Å². The summed E-state index contributed by atoms with van der Waals surface area (Å²) in [7, 11) is 0. The van der Waals surface area contributed by atoms with Crippen LogP contribution in [0.1, 0.15) is 51.4 Å². The summed E-state index contributed by atoms with van der Waals surface area (Å²) < 4.78 is 2.29. The highest BCUT2D eigenvalue weighted by Gasteiger charge is 2.17. The SMILES string of the molecule is CC(CCCC(C)(C)O)Cc1c(-c2ccccc2)ncn1CCc1cnc[nH]1. The van der Waals surface area contributed by atoms with Gasteiger partial charge in [-0.1, -0.05) is 50.1 Å². The quantitative estimate of drug-likeness (QED) is 0.539. The molecule has 28 heavy (non-hydrogen) atoms. The molecule has 0 spiro atoms. The smallest absolute Gasteiger partial charge is 0.0956 e. The molecule has 150 valence electrons. The molecule has 0 saturated carbocycles. The van der Waals surface area contributed by atoms with Gasteiger partial charge in [-0.25, -0.2) is 9.97 Å². The van der Waals surface area contributed by atoms with E-state index in [-0.39, 0.29) is 0 Å². The molecule has 2 aromatic heterocycles. The predicted molar refractivity (Wildman–Crippen MR) is 113 cm³/mol. The second kappa shape index (κ2) is 9.20. The molecule has 1 atom stereocenters. The fourth-order valence-corrected chi connectivity index (χ4v) is 3.63. The molecule has 0 radical (unpaired) electrons. The molecule has 0 saturated heterocycles. The maximum atomic E-state index is 9.96. The lowest BCUT2D eigenvalue weighted by atomic mass is 9.93. The highest BCUT2D eigenvalue weighted by Crippen LogP contribution is 2.26. The van der Waals surface area contributed by atoms with Crippen molar-refractivity contribution in [1.29, 1.82) is 0 Å². The molecule has 2 N–H and O–H groups in total. The number of benzene rings is 1. The van der Waals surface area contributed by atoms with Gasteiger partial charge in [-0.05, 0) is 32.6 Å². The fraction of sp³-hybridized carbons (Fsp3) is 0.478. The van der Waals surface area contributed by atoms with E-state index in [4.69, 9.17) is 4.98 Å². The van der Waals surface area contributed by atoms with Crippen LogP contribution in [0, 0.1) is 5.92 Å². The van der Waals surface area contributed by atoms with Crippen molar-refractivity contribution in [3.63, 3.8) is 0 Å². The second-order valence-corrected chi connectivity index (χ2v) is 8.44. The van der Waals surface area contributed by atoms with E-state index in [1.807, 2.05) is 32.4 Å². The van der Waals surface area contributed by atoms with Crippen LogP contribution >= 0.6 is 0 Å². The van der Waals surface area contributed by atoms with Crippen LogP contribution in [0.15, 0.2) is 49.2 Å². The van der Waals surface area contributed by atoms with E-state index in [1.165, 1.54) is 11.3 Å². The number of H-pyrrole nitrogens is 1. The molecule has 2 heterocycles. The van der Waals surface area contributed by atoms with Gasteiger partial charge in [0.2, 0.25) is 0 Å². The largest absolute Gasteiger partial charge is 0.390 e. The molecule has 3 rings (SSSR count). The Balaban J connectivity index is 1.74. The summed E-state index contributed by atoms with van der Waals surface area (Å²) in [5, 5.41) is 9.96. The number of nitrogens with one attached hydrogen (secondary N) is 1. The number of hydrogen-bond donors (Lipinski definition) is 2. The zero-order valence-electron chi connectivity index (χ0n) is 17.2.